The van der Waals surface area contributed by atoms with E-state index in [1.165, 1.54) is 12.1 Å². The lowest BCUT2D eigenvalue weighted by Gasteiger charge is -1.91. The minimum Gasteiger partial charge on any atom is -0.338 e. The van der Waals surface area contributed by atoms with Crippen LogP contribution in [0.4, 0.5) is 4.39 Å². The minimum absolute atomic E-state index is 0.147. The molecule has 0 spiro atoms. The lowest BCUT2D eigenvalue weighted by molar-refractivity contribution is 0.391. The monoisotopic (exact) mass is 213 g/mol. The van der Waals surface area contributed by atoms with Crippen molar-refractivity contribution in [3.63, 3.8) is 0 Å². The van der Waals surface area contributed by atoms with Gasteiger partial charge < -0.3 is 4.52 Å². The van der Waals surface area contributed by atoms with Crippen molar-refractivity contribution in [1.82, 2.24) is 15.1 Å². The van der Waals surface area contributed by atoms with E-state index in [1.807, 2.05) is 0 Å². The van der Waals surface area contributed by atoms with Crippen LogP contribution in [-0.4, -0.2) is 15.1 Å². The molecule has 0 saturated carbocycles. The van der Waals surface area contributed by atoms with Gasteiger partial charge in [0.2, 0.25) is 11.7 Å². The molecule has 0 bridgehead atoms. The van der Waals surface area contributed by atoms with Crippen molar-refractivity contribution in [3.8, 4) is 11.5 Å². The van der Waals surface area contributed by atoms with Crippen molar-refractivity contribution in [1.29, 1.82) is 0 Å². The van der Waals surface area contributed by atoms with E-state index in [0.717, 1.165) is 6.20 Å². The zero-order chi connectivity index (χ0) is 9.97. The average molecular weight is 214 g/mol. The number of hydrogen-bond acceptors (Lipinski definition) is 4. The summed E-state index contributed by atoms with van der Waals surface area (Å²) < 4.78 is 17.3. The molecule has 0 aliphatic rings. The van der Waals surface area contributed by atoms with Crippen molar-refractivity contribution in [3.05, 3.63) is 30.0 Å². The number of halogens is 2. The van der Waals surface area contributed by atoms with Crippen molar-refractivity contribution in [2.75, 3.05) is 0 Å². The highest BCUT2D eigenvalue weighted by atomic mass is 35.5. The van der Waals surface area contributed by atoms with Crippen LogP contribution in [0.3, 0.4) is 0 Å². The summed E-state index contributed by atoms with van der Waals surface area (Å²) in [6.45, 7) is 0. The number of aromatic nitrogens is 3. The summed E-state index contributed by atoms with van der Waals surface area (Å²) in [5.74, 6) is 0.358. The molecule has 0 N–H and O–H groups in total. The summed E-state index contributed by atoms with van der Waals surface area (Å²) in [5, 5.41) is 3.63. The van der Waals surface area contributed by atoms with Crippen LogP contribution in [-0.2, 0) is 5.88 Å². The first-order valence-electron chi connectivity index (χ1n) is 3.80. The molecule has 0 saturated heterocycles. The maximum Gasteiger partial charge on any atom is 0.241 e. The SMILES string of the molecule is Fc1ccc(-c2noc(CCl)n2)nc1. The van der Waals surface area contributed by atoms with E-state index in [0.29, 0.717) is 17.4 Å². The minimum atomic E-state index is -0.408. The van der Waals surface area contributed by atoms with Gasteiger partial charge in [0.05, 0.1) is 6.20 Å². The van der Waals surface area contributed by atoms with E-state index in [2.05, 4.69) is 15.1 Å². The summed E-state index contributed by atoms with van der Waals surface area (Å²) in [6, 6.07) is 2.75. The van der Waals surface area contributed by atoms with E-state index in [4.69, 9.17) is 16.1 Å². The molecule has 0 aliphatic carbocycles. The van der Waals surface area contributed by atoms with Crippen LogP contribution in [0.2, 0.25) is 0 Å². The zero-order valence-corrected chi connectivity index (χ0v) is 7.70. The molecule has 14 heavy (non-hydrogen) atoms. The fourth-order valence-electron chi connectivity index (χ4n) is 0.921. The largest absolute Gasteiger partial charge is 0.338 e. The molecule has 0 amide bonds. The fourth-order valence-corrected chi connectivity index (χ4v) is 1.03. The third-order valence-corrected chi connectivity index (χ3v) is 1.77. The van der Waals surface area contributed by atoms with Crippen LogP contribution in [0.5, 0.6) is 0 Å². The van der Waals surface area contributed by atoms with Crippen LogP contribution in [0.1, 0.15) is 5.89 Å². The molecule has 0 unspecified atom stereocenters. The standard InChI is InChI=1S/C8H5ClFN3O/c9-3-7-12-8(13-14-7)6-2-1-5(10)4-11-6/h1-2,4H,3H2. The van der Waals surface area contributed by atoms with Gasteiger partial charge in [0.25, 0.3) is 0 Å². The van der Waals surface area contributed by atoms with Crippen molar-refractivity contribution in [2.45, 2.75) is 5.88 Å². The Hall–Kier alpha value is -1.49. The summed E-state index contributed by atoms with van der Waals surface area (Å²) in [4.78, 5) is 7.73. The molecule has 2 heterocycles. The van der Waals surface area contributed by atoms with Gasteiger partial charge in [0.1, 0.15) is 17.4 Å². The second kappa shape index (κ2) is 3.71. The van der Waals surface area contributed by atoms with Crippen LogP contribution >= 0.6 is 11.6 Å². The third-order valence-electron chi connectivity index (χ3n) is 1.54. The first-order valence-corrected chi connectivity index (χ1v) is 4.33. The first-order chi connectivity index (χ1) is 6.79. The topological polar surface area (TPSA) is 51.8 Å². The van der Waals surface area contributed by atoms with Gasteiger partial charge in [-0.2, -0.15) is 4.98 Å². The Labute approximate surface area is 83.7 Å². The predicted octanol–water partition coefficient (Wildman–Crippen LogP) is 2.01. The smallest absolute Gasteiger partial charge is 0.241 e. The molecular formula is C8H5ClFN3O. The second-order valence-electron chi connectivity index (χ2n) is 2.51. The Morgan fingerprint density at radius 3 is 2.86 bits per heavy atom. The first kappa shape index (κ1) is 9.08. The summed E-state index contributed by atoms with van der Waals surface area (Å²) in [6.07, 6.45) is 1.09. The lowest BCUT2D eigenvalue weighted by Crippen LogP contribution is -1.86. The third kappa shape index (κ3) is 1.72. The van der Waals surface area contributed by atoms with Crippen molar-refractivity contribution in [2.24, 2.45) is 0 Å². The Bertz CT molecular complexity index is 428. The van der Waals surface area contributed by atoms with Gasteiger partial charge in [-0.25, -0.2) is 9.37 Å². The van der Waals surface area contributed by atoms with Gasteiger partial charge in [-0.05, 0) is 12.1 Å². The van der Waals surface area contributed by atoms with E-state index in [-0.39, 0.29) is 5.88 Å². The van der Waals surface area contributed by atoms with Crippen LogP contribution in [0.25, 0.3) is 11.5 Å². The molecule has 0 aromatic carbocycles. The van der Waals surface area contributed by atoms with Gasteiger partial charge >= 0.3 is 0 Å². The number of alkyl halides is 1. The maximum absolute atomic E-state index is 12.5. The Kier molecular flexibility index (Phi) is 2.41. The highest BCUT2D eigenvalue weighted by Gasteiger charge is 2.08. The summed E-state index contributed by atoms with van der Waals surface area (Å²) >= 11 is 5.48. The molecule has 0 fully saturated rings. The van der Waals surface area contributed by atoms with Gasteiger partial charge in [0, 0.05) is 0 Å². The highest BCUT2D eigenvalue weighted by molar-refractivity contribution is 6.16. The van der Waals surface area contributed by atoms with Gasteiger partial charge in [-0.1, -0.05) is 5.16 Å². The Morgan fingerprint density at radius 2 is 2.29 bits per heavy atom. The molecule has 6 heteroatoms. The van der Waals surface area contributed by atoms with E-state index in [1.54, 1.807) is 0 Å². The summed E-state index contributed by atoms with van der Waals surface area (Å²) in [5.41, 5.74) is 0.450. The predicted molar refractivity (Wildman–Crippen MR) is 47.0 cm³/mol. The van der Waals surface area contributed by atoms with E-state index >= 15 is 0 Å². The molecule has 4 nitrogen and oxygen atoms in total. The molecule has 72 valence electrons. The number of rotatable bonds is 2. The number of nitrogens with zero attached hydrogens (tertiary/aromatic N) is 3. The normalized spacial score (nSPS) is 10.4. The number of pyridine rings is 1. The van der Waals surface area contributed by atoms with Gasteiger partial charge in [0.15, 0.2) is 0 Å². The van der Waals surface area contributed by atoms with E-state index in [9.17, 15) is 4.39 Å². The Morgan fingerprint density at radius 1 is 1.43 bits per heavy atom. The summed E-state index contributed by atoms with van der Waals surface area (Å²) in [7, 11) is 0. The maximum atomic E-state index is 12.5. The van der Waals surface area contributed by atoms with Crippen LogP contribution in [0.15, 0.2) is 22.9 Å². The van der Waals surface area contributed by atoms with Gasteiger partial charge in [-0.15, -0.1) is 11.6 Å². The van der Waals surface area contributed by atoms with Gasteiger partial charge in [-0.3, -0.25) is 0 Å². The Balaban J connectivity index is 2.34. The molecule has 2 aromatic rings. The molecule has 2 aromatic heterocycles. The molecule has 2 rings (SSSR count). The fraction of sp³-hybridized carbons (Fsp3) is 0.125. The molecule has 0 radical (unpaired) electrons. The van der Waals surface area contributed by atoms with Crippen molar-refractivity contribution >= 4 is 11.6 Å². The molecule has 0 aliphatic heterocycles. The van der Waals surface area contributed by atoms with E-state index < -0.39 is 5.82 Å². The molecular weight excluding hydrogens is 209 g/mol. The van der Waals surface area contributed by atoms with Crippen LogP contribution in [0, 0.1) is 5.82 Å². The quantitative estimate of drug-likeness (QED) is 0.716. The van der Waals surface area contributed by atoms with Crippen molar-refractivity contribution < 1.29 is 8.91 Å². The second-order valence-corrected chi connectivity index (χ2v) is 2.77. The molecule has 0 atom stereocenters. The highest BCUT2D eigenvalue weighted by Crippen LogP contribution is 2.13. The lowest BCUT2D eigenvalue weighted by atomic mass is 10.3. The zero-order valence-electron chi connectivity index (χ0n) is 6.94. The number of hydrogen-bond donors (Lipinski definition) is 0. The van der Waals surface area contributed by atoms with Crippen LogP contribution < -0.4 is 0 Å². The average Bonchev–Trinajstić information content (AvgIpc) is 2.67.